The van der Waals surface area contributed by atoms with Crippen molar-refractivity contribution in [1.29, 1.82) is 0 Å². The van der Waals surface area contributed by atoms with E-state index in [2.05, 4.69) is 5.32 Å². The number of nitrogens with one attached hydrogen (secondary N) is 1. The SMILES string of the molecule is CCCN(CCC)S(=O)(=O)CCNC(=O)CC. The normalized spacial score (nSPS) is 11.8. The second-order valence-electron chi connectivity index (χ2n) is 3.92. The first-order valence-electron chi connectivity index (χ1n) is 6.22. The summed E-state index contributed by atoms with van der Waals surface area (Å²) in [4.78, 5) is 11.0. The first-order chi connectivity index (χ1) is 7.97. The van der Waals surface area contributed by atoms with Crippen molar-refractivity contribution in [2.45, 2.75) is 40.0 Å². The maximum atomic E-state index is 12.0. The van der Waals surface area contributed by atoms with Crippen LogP contribution in [0, 0.1) is 0 Å². The highest BCUT2D eigenvalue weighted by Crippen LogP contribution is 2.03. The van der Waals surface area contributed by atoms with Crippen LogP contribution in [0.4, 0.5) is 0 Å². The standard InChI is InChI=1S/C11H24N2O3S/c1-4-8-13(9-5-2)17(15,16)10-7-12-11(14)6-3/h4-10H2,1-3H3,(H,12,14). The predicted octanol–water partition coefficient (Wildman–Crippen LogP) is 0.964. The van der Waals surface area contributed by atoms with Crippen LogP contribution in [0.15, 0.2) is 0 Å². The van der Waals surface area contributed by atoms with Crippen LogP contribution in [0.2, 0.25) is 0 Å². The second-order valence-corrected chi connectivity index (χ2v) is 6.01. The molecule has 0 fully saturated rings. The second kappa shape index (κ2) is 8.47. The lowest BCUT2D eigenvalue weighted by Gasteiger charge is -2.20. The molecule has 0 aliphatic carbocycles. The molecular formula is C11H24N2O3S. The highest BCUT2D eigenvalue weighted by molar-refractivity contribution is 7.89. The summed E-state index contributed by atoms with van der Waals surface area (Å²) in [7, 11) is -3.23. The van der Waals surface area contributed by atoms with Crippen molar-refractivity contribution in [3.05, 3.63) is 0 Å². The zero-order valence-electron chi connectivity index (χ0n) is 11.0. The van der Waals surface area contributed by atoms with Crippen LogP contribution in [0.25, 0.3) is 0 Å². The van der Waals surface area contributed by atoms with Crippen molar-refractivity contribution in [3.8, 4) is 0 Å². The van der Waals surface area contributed by atoms with Gasteiger partial charge in [-0.3, -0.25) is 4.79 Å². The molecule has 1 amide bonds. The number of carbonyl (C=O) groups is 1. The minimum absolute atomic E-state index is 0.0151. The molecule has 1 N–H and O–H groups in total. The van der Waals surface area contributed by atoms with E-state index in [4.69, 9.17) is 0 Å². The molecule has 0 atom stereocenters. The van der Waals surface area contributed by atoms with E-state index in [-0.39, 0.29) is 18.2 Å². The molecule has 0 aliphatic rings. The van der Waals surface area contributed by atoms with E-state index in [0.29, 0.717) is 19.5 Å². The van der Waals surface area contributed by atoms with Gasteiger partial charge in [-0.15, -0.1) is 0 Å². The molecule has 0 aromatic heterocycles. The van der Waals surface area contributed by atoms with Crippen molar-refractivity contribution < 1.29 is 13.2 Å². The highest BCUT2D eigenvalue weighted by Gasteiger charge is 2.19. The third-order valence-electron chi connectivity index (χ3n) is 2.34. The molecule has 17 heavy (non-hydrogen) atoms. The molecule has 5 nitrogen and oxygen atoms in total. The number of amides is 1. The lowest BCUT2D eigenvalue weighted by molar-refractivity contribution is -0.120. The Balaban J connectivity index is 4.27. The zero-order chi connectivity index (χ0) is 13.3. The Morgan fingerprint density at radius 3 is 2.06 bits per heavy atom. The molecule has 102 valence electrons. The average molecular weight is 264 g/mol. The van der Waals surface area contributed by atoms with E-state index in [9.17, 15) is 13.2 Å². The Labute approximate surface area is 105 Å². The Kier molecular flexibility index (Phi) is 8.16. The number of hydrogen-bond acceptors (Lipinski definition) is 3. The van der Waals surface area contributed by atoms with Crippen molar-refractivity contribution in [2.24, 2.45) is 0 Å². The molecule has 0 aliphatic heterocycles. The Morgan fingerprint density at radius 2 is 1.65 bits per heavy atom. The van der Waals surface area contributed by atoms with Gasteiger partial charge in [0.15, 0.2) is 0 Å². The van der Waals surface area contributed by atoms with Gasteiger partial charge >= 0.3 is 0 Å². The molecule has 0 bridgehead atoms. The van der Waals surface area contributed by atoms with Gasteiger partial charge in [-0.05, 0) is 12.8 Å². The van der Waals surface area contributed by atoms with Crippen molar-refractivity contribution in [2.75, 3.05) is 25.4 Å². The van der Waals surface area contributed by atoms with E-state index < -0.39 is 10.0 Å². The topological polar surface area (TPSA) is 66.5 Å². The fourth-order valence-corrected chi connectivity index (χ4v) is 3.00. The predicted molar refractivity (Wildman–Crippen MR) is 69.2 cm³/mol. The monoisotopic (exact) mass is 264 g/mol. The Hall–Kier alpha value is -0.620. The van der Waals surface area contributed by atoms with Crippen LogP contribution < -0.4 is 5.32 Å². The molecule has 0 radical (unpaired) electrons. The summed E-state index contributed by atoms with van der Waals surface area (Å²) in [5.74, 6) is -0.128. The van der Waals surface area contributed by atoms with E-state index in [1.54, 1.807) is 6.92 Å². The van der Waals surface area contributed by atoms with Crippen LogP contribution in [-0.2, 0) is 14.8 Å². The van der Waals surface area contributed by atoms with E-state index in [1.165, 1.54) is 4.31 Å². The molecule has 0 saturated carbocycles. The molecular weight excluding hydrogens is 240 g/mol. The average Bonchev–Trinajstić information content (AvgIpc) is 2.28. The van der Waals surface area contributed by atoms with Crippen molar-refractivity contribution in [1.82, 2.24) is 9.62 Å². The van der Waals surface area contributed by atoms with E-state index >= 15 is 0 Å². The number of sulfonamides is 1. The fraction of sp³-hybridized carbons (Fsp3) is 0.909. The number of carbonyl (C=O) groups excluding carboxylic acids is 1. The van der Waals surface area contributed by atoms with Crippen LogP contribution in [0.5, 0.6) is 0 Å². The fourth-order valence-electron chi connectivity index (χ4n) is 1.46. The minimum atomic E-state index is -3.23. The van der Waals surface area contributed by atoms with Gasteiger partial charge in [-0.1, -0.05) is 20.8 Å². The molecule has 0 rings (SSSR count). The lowest BCUT2D eigenvalue weighted by Crippen LogP contribution is -2.38. The first kappa shape index (κ1) is 16.4. The van der Waals surface area contributed by atoms with Crippen LogP contribution in [0.1, 0.15) is 40.0 Å². The summed E-state index contributed by atoms with van der Waals surface area (Å²) >= 11 is 0. The summed E-state index contributed by atoms with van der Waals surface area (Å²) in [5.41, 5.74) is 0. The van der Waals surface area contributed by atoms with Gasteiger partial charge in [0.2, 0.25) is 15.9 Å². The molecule has 6 heteroatoms. The maximum absolute atomic E-state index is 12.0. The molecule has 0 saturated heterocycles. The molecule has 0 spiro atoms. The largest absolute Gasteiger partial charge is 0.355 e. The van der Waals surface area contributed by atoms with E-state index in [1.807, 2.05) is 13.8 Å². The highest BCUT2D eigenvalue weighted by atomic mass is 32.2. The van der Waals surface area contributed by atoms with Gasteiger partial charge in [-0.25, -0.2) is 12.7 Å². The number of rotatable bonds is 9. The molecule has 0 unspecified atom stereocenters. The zero-order valence-corrected chi connectivity index (χ0v) is 11.8. The van der Waals surface area contributed by atoms with Crippen LogP contribution in [-0.4, -0.2) is 44.0 Å². The summed E-state index contributed by atoms with van der Waals surface area (Å²) in [6, 6.07) is 0. The van der Waals surface area contributed by atoms with Crippen molar-refractivity contribution in [3.63, 3.8) is 0 Å². The summed E-state index contributed by atoms with van der Waals surface area (Å²) < 4.78 is 25.4. The van der Waals surface area contributed by atoms with Gasteiger partial charge in [0, 0.05) is 26.1 Å². The third-order valence-corrected chi connectivity index (χ3v) is 4.21. The van der Waals surface area contributed by atoms with Gasteiger partial charge in [0.1, 0.15) is 0 Å². The number of nitrogens with zero attached hydrogens (tertiary/aromatic N) is 1. The van der Waals surface area contributed by atoms with Gasteiger partial charge < -0.3 is 5.32 Å². The minimum Gasteiger partial charge on any atom is -0.355 e. The summed E-state index contributed by atoms with van der Waals surface area (Å²) in [6.45, 7) is 6.95. The molecule has 0 heterocycles. The number of hydrogen-bond donors (Lipinski definition) is 1. The lowest BCUT2D eigenvalue weighted by atomic mass is 10.4. The third kappa shape index (κ3) is 6.63. The van der Waals surface area contributed by atoms with E-state index in [0.717, 1.165) is 12.8 Å². The first-order valence-corrected chi connectivity index (χ1v) is 7.83. The molecule has 0 aromatic carbocycles. The van der Waals surface area contributed by atoms with Gasteiger partial charge in [-0.2, -0.15) is 0 Å². The Bertz CT molecular complexity index is 309. The van der Waals surface area contributed by atoms with Gasteiger partial charge in [0.05, 0.1) is 5.75 Å². The van der Waals surface area contributed by atoms with Gasteiger partial charge in [0.25, 0.3) is 0 Å². The van der Waals surface area contributed by atoms with Crippen molar-refractivity contribution >= 4 is 15.9 Å². The maximum Gasteiger partial charge on any atom is 0.219 e. The summed E-state index contributed by atoms with van der Waals surface area (Å²) in [6.07, 6.45) is 1.99. The summed E-state index contributed by atoms with van der Waals surface area (Å²) in [5, 5.41) is 2.58. The smallest absolute Gasteiger partial charge is 0.219 e. The molecule has 0 aromatic rings. The van der Waals surface area contributed by atoms with Crippen LogP contribution in [0.3, 0.4) is 0 Å². The van der Waals surface area contributed by atoms with Crippen LogP contribution >= 0.6 is 0 Å². The Morgan fingerprint density at radius 1 is 1.12 bits per heavy atom. The quantitative estimate of drug-likeness (QED) is 0.674.